The molecule has 0 unspecified atom stereocenters. The molecule has 37 heavy (non-hydrogen) atoms. The maximum atomic E-state index is 13.8. The van der Waals surface area contributed by atoms with Crippen LogP contribution in [-0.4, -0.2) is 51.4 Å². The van der Waals surface area contributed by atoms with Crippen molar-refractivity contribution in [2.75, 3.05) is 24.5 Å². The van der Waals surface area contributed by atoms with Crippen molar-refractivity contribution in [3.63, 3.8) is 0 Å². The standard InChI is InChI=1S/C28H33N3O5S/c1-5-29-28(33)22(3)30(19-23-9-7-6-8-10-23)27(32)20-31(24-13-11-21(2)12-14-24)37(34,35)26-17-15-25(36-4)16-18-26/h6-18,22H,5,19-20H2,1-4H3,(H,29,33)/t22-/m0/s1. The lowest BCUT2D eigenvalue weighted by Crippen LogP contribution is -2.51. The van der Waals surface area contributed by atoms with Gasteiger partial charge in [0.2, 0.25) is 11.8 Å². The number of benzene rings is 3. The van der Waals surface area contributed by atoms with Crippen LogP contribution in [0, 0.1) is 6.92 Å². The zero-order valence-electron chi connectivity index (χ0n) is 21.5. The van der Waals surface area contributed by atoms with Crippen LogP contribution in [0.1, 0.15) is 25.0 Å². The number of methoxy groups -OCH3 is 1. The normalized spacial score (nSPS) is 11.9. The number of ether oxygens (including phenoxy) is 1. The van der Waals surface area contributed by atoms with Crippen LogP contribution in [0.5, 0.6) is 5.75 Å². The van der Waals surface area contributed by atoms with Crippen LogP contribution in [0.3, 0.4) is 0 Å². The molecule has 0 aliphatic rings. The van der Waals surface area contributed by atoms with E-state index >= 15 is 0 Å². The Balaban J connectivity index is 2.01. The molecular weight excluding hydrogens is 490 g/mol. The van der Waals surface area contributed by atoms with Crippen molar-refractivity contribution in [3.8, 4) is 5.75 Å². The van der Waals surface area contributed by atoms with E-state index in [4.69, 9.17) is 4.74 Å². The smallest absolute Gasteiger partial charge is 0.264 e. The maximum Gasteiger partial charge on any atom is 0.264 e. The Kier molecular flexibility index (Phi) is 9.30. The fourth-order valence-corrected chi connectivity index (χ4v) is 5.21. The Morgan fingerprint density at radius 3 is 2.14 bits per heavy atom. The van der Waals surface area contributed by atoms with Crippen molar-refractivity contribution >= 4 is 27.5 Å². The first kappa shape index (κ1) is 27.7. The van der Waals surface area contributed by atoms with Crippen LogP contribution in [-0.2, 0) is 26.2 Å². The summed E-state index contributed by atoms with van der Waals surface area (Å²) in [6.07, 6.45) is 0. The fraction of sp³-hybridized carbons (Fsp3) is 0.286. The number of rotatable bonds is 11. The molecule has 0 aromatic heterocycles. The monoisotopic (exact) mass is 523 g/mol. The summed E-state index contributed by atoms with van der Waals surface area (Å²) in [4.78, 5) is 27.9. The van der Waals surface area contributed by atoms with Gasteiger partial charge in [-0.2, -0.15) is 0 Å². The van der Waals surface area contributed by atoms with Gasteiger partial charge >= 0.3 is 0 Å². The summed E-state index contributed by atoms with van der Waals surface area (Å²) in [7, 11) is -2.62. The third-order valence-corrected chi connectivity index (χ3v) is 7.75. The Labute approximate surface area is 218 Å². The lowest BCUT2D eigenvalue weighted by atomic mass is 10.1. The quantitative estimate of drug-likeness (QED) is 0.413. The van der Waals surface area contributed by atoms with Gasteiger partial charge in [-0.15, -0.1) is 0 Å². The van der Waals surface area contributed by atoms with Gasteiger partial charge in [-0.3, -0.25) is 13.9 Å². The zero-order valence-corrected chi connectivity index (χ0v) is 22.4. The Hall–Kier alpha value is -3.85. The molecule has 8 nitrogen and oxygen atoms in total. The van der Waals surface area contributed by atoms with Crippen LogP contribution < -0.4 is 14.4 Å². The molecule has 0 radical (unpaired) electrons. The van der Waals surface area contributed by atoms with Crippen LogP contribution in [0.25, 0.3) is 0 Å². The highest BCUT2D eigenvalue weighted by molar-refractivity contribution is 7.92. The highest BCUT2D eigenvalue weighted by Crippen LogP contribution is 2.26. The molecule has 0 saturated carbocycles. The van der Waals surface area contributed by atoms with Crippen LogP contribution in [0.4, 0.5) is 5.69 Å². The second kappa shape index (κ2) is 12.4. The van der Waals surface area contributed by atoms with E-state index in [1.807, 2.05) is 37.3 Å². The molecule has 2 amide bonds. The number of hydrogen-bond acceptors (Lipinski definition) is 5. The average Bonchev–Trinajstić information content (AvgIpc) is 2.91. The average molecular weight is 524 g/mol. The highest BCUT2D eigenvalue weighted by Gasteiger charge is 2.32. The Morgan fingerprint density at radius 2 is 1.57 bits per heavy atom. The van der Waals surface area contributed by atoms with E-state index in [-0.39, 0.29) is 17.3 Å². The predicted octanol–water partition coefficient (Wildman–Crippen LogP) is 3.75. The number of hydrogen-bond donors (Lipinski definition) is 1. The molecule has 0 aliphatic carbocycles. The molecule has 0 heterocycles. The molecule has 1 atom stereocenters. The fourth-order valence-electron chi connectivity index (χ4n) is 3.80. The molecule has 196 valence electrons. The SMILES string of the molecule is CCNC(=O)[C@H](C)N(Cc1ccccc1)C(=O)CN(c1ccc(C)cc1)S(=O)(=O)c1ccc(OC)cc1. The molecule has 9 heteroatoms. The lowest BCUT2D eigenvalue weighted by molar-refractivity contribution is -0.139. The summed E-state index contributed by atoms with van der Waals surface area (Å²) >= 11 is 0. The van der Waals surface area contributed by atoms with Crippen LogP contribution in [0.15, 0.2) is 83.8 Å². The van der Waals surface area contributed by atoms with Crippen molar-refractivity contribution in [3.05, 3.63) is 90.0 Å². The molecule has 3 rings (SSSR count). The van der Waals surface area contributed by atoms with E-state index in [0.29, 0.717) is 18.0 Å². The number of carbonyl (C=O) groups is 2. The van der Waals surface area contributed by atoms with Crippen molar-refractivity contribution in [1.82, 2.24) is 10.2 Å². The summed E-state index contributed by atoms with van der Waals surface area (Å²) < 4.78 is 33.8. The molecule has 3 aromatic rings. The zero-order chi connectivity index (χ0) is 27.0. The first-order valence-corrected chi connectivity index (χ1v) is 13.5. The van der Waals surface area contributed by atoms with Crippen LogP contribution >= 0.6 is 0 Å². The minimum absolute atomic E-state index is 0.0214. The molecule has 0 spiro atoms. The Bertz CT molecular complexity index is 1290. The van der Waals surface area contributed by atoms with Crippen molar-refractivity contribution in [2.24, 2.45) is 0 Å². The topological polar surface area (TPSA) is 96.0 Å². The van der Waals surface area contributed by atoms with Gasteiger partial charge < -0.3 is 15.0 Å². The van der Waals surface area contributed by atoms with Crippen molar-refractivity contribution in [1.29, 1.82) is 0 Å². The third-order valence-electron chi connectivity index (χ3n) is 5.96. The summed E-state index contributed by atoms with van der Waals surface area (Å²) in [6, 6.07) is 21.4. The van der Waals surface area contributed by atoms with E-state index < -0.39 is 28.5 Å². The summed E-state index contributed by atoms with van der Waals surface area (Å²) in [5, 5.41) is 2.75. The maximum absolute atomic E-state index is 13.8. The third kappa shape index (κ3) is 6.89. The number of anilines is 1. The minimum atomic E-state index is -4.12. The number of aryl methyl sites for hydroxylation is 1. The predicted molar refractivity (Wildman–Crippen MR) is 144 cm³/mol. The molecule has 0 bridgehead atoms. The van der Waals surface area contributed by atoms with Gasteiger partial charge in [0.25, 0.3) is 10.0 Å². The summed E-state index contributed by atoms with van der Waals surface area (Å²) in [5.74, 6) is -0.298. The van der Waals surface area contributed by atoms with Gasteiger partial charge in [-0.25, -0.2) is 8.42 Å². The Morgan fingerprint density at radius 1 is 0.946 bits per heavy atom. The number of nitrogens with one attached hydrogen (secondary N) is 1. The second-order valence-electron chi connectivity index (χ2n) is 8.60. The lowest BCUT2D eigenvalue weighted by Gasteiger charge is -2.32. The number of likely N-dealkylation sites (N-methyl/N-ethyl adjacent to an activating group) is 1. The van der Waals surface area contributed by atoms with Crippen molar-refractivity contribution < 1.29 is 22.7 Å². The highest BCUT2D eigenvalue weighted by atomic mass is 32.2. The largest absolute Gasteiger partial charge is 0.497 e. The first-order valence-electron chi connectivity index (χ1n) is 12.0. The van der Waals surface area contributed by atoms with E-state index in [2.05, 4.69) is 5.32 Å². The minimum Gasteiger partial charge on any atom is -0.497 e. The molecular formula is C28H33N3O5S. The van der Waals surface area contributed by atoms with E-state index in [1.165, 1.54) is 24.1 Å². The number of nitrogens with zero attached hydrogens (tertiary/aromatic N) is 2. The van der Waals surface area contributed by atoms with Gasteiger partial charge in [-0.1, -0.05) is 48.0 Å². The molecule has 1 N–H and O–H groups in total. The molecule has 0 aliphatic heterocycles. The van der Waals surface area contributed by atoms with E-state index in [9.17, 15) is 18.0 Å². The molecule has 0 saturated heterocycles. The van der Waals surface area contributed by atoms with E-state index in [0.717, 1.165) is 15.4 Å². The van der Waals surface area contributed by atoms with Gasteiger partial charge in [0.05, 0.1) is 17.7 Å². The molecule has 0 fully saturated rings. The summed E-state index contributed by atoms with van der Waals surface area (Å²) in [6.45, 7) is 5.43. The van der Waals surface area contributed by atoms with Crippen LogP contribution in [0.2, 0.25) is 0 Å². The number of amides is 2. The van der Waals surface area contributed by atoms with E-state index in [1.54, 1.807) is 50.2 Å². The van der Waals surface area contributed by atoms with Gasteiger partial charge in [0.1, 0.15) is 18.3 Å². The molecule has 3 aromatic carbocycles. The number of carbonyl (C=O) groups excluding carboxylic acids is 2. The summed E-state index contributed by atoms with van der Waals surface area (Å²) in [5.41, 5.74) is 2.12. The van der Waals surface area contributed by atoms with Gasteiger partial charge in [0.15, 0.2) is 0 Å². The van der Waals surface area contributed by atoms with Gasteiger partial charge in [-0.05, 0) is 62.7 Å². The second-order valence-corrected chi connectivity index (χ2v) is 10.5. The number of sulfonamides is 1. The van der Waals surface area contributed by atoms with Crippen molar-refractivity contribution in [2.45, 2.75) is 38.3 Å². The first-order chi connectivity index (χ1) is 17.7. The van der Waals surface area contributed by atoms with Gasteiger partial charge in [0, 0.05) is 13.1 Å².